The number of anilines is 1. The lowest BCUT2D eigenvalue weighted by molar-refractivity contribution is -0.124. The number of rotatable bonds is 7. The molecule has 2 fully saturated rings. The highest BCUT2D eigenvalue weighted by Gasteiger charge is 2.38. The number of hydrogen-bond donors (Lipinski definition) is 1. The van der Waals surface area contributed by atoms with Gasteiger partial charge in [0.2, 0.25) is 11.8 Å². The van der Waals surface area contributed by atoms with Gasteiger partial charge in [0.15, 0.2) is 0 Å². The van der Waals surface area contributed by atoms with Crippen molar-refractivity contribution in [2.24, 2.45) is 17.3 Å². The molecule has 9 heteroatoms. The number of ether oxygens (including phenoxy) is 1. The van der Waals surface area contributed by atoms with Crippen molar-refractivity contribution in [3.63, 3.8) is 0 Å². The monoisotopic (exact) mass is 586 g/mol. The minimum absolute atomic E-state index is 0.0328. The Labute approximate surface area is 245 Å². The predicted octanol–water partition coefficient (Wildman–Crippen LogP) is 7.90. The molecule has 2 aromatic heterocycles. The minimum atomic E-state index is -3.08. The molecule has 2 heterocycles. The highest BCUT2D eigenvalue weighted by molar-refractivity contribution is 7.15. The number of aromatic nitrogens is 1. The number of alkyl halides is 2. The molecule has 0 spiro atoms. The minimum Gasteiger partial charge on any atom is -0.477 e. The van der Waals surface area contributed by atoms with Gasteiger partial charge in [-0.1, -0.05) is 18.8 Å². The molecular formula is C32H40F2N2O4S. The average Bonchev–Trinajstić information content (AvgIpc) is 3.32. The average molecular weight is 587 g/mol. The van der Waals surface area contributed by atoms with Crippen LogP contribution in [0.5, 0.6) is 5.88 Å². The maximum Gasteiger partial charge on any atom is 0.348 e. The summed E-state index contributed by atoms with van der Waals surface area (Å²) in [6, 6.07) is 4.31. The van der Waals surface area contributed by atoms with E-state index in [1.54, 1.807) is 11.0 Å². The number of nitrogens with zero attached hydrogens (tertiary/aromatic N) is 2. The Morgan fingerprint density at radius 2 is 1.73 bits per heavy atom. The third kappa shape index (κ3) is 7.85. The summed E-state index contributed by atoms with van der Waals surface area (Å²) in [5, 5.41) is 10.1. The zero-order chi connectivity index (χ0) is 29.9. The van der Waals surface area contributed by atoms with Crippen LogP contribution < -0.4 is 9.64 Å². The van der Waals surface area contributed by atoms with E-state index in [0.717, 1.165) is 43.9 Å². The summed E-state index contributed by atoms with van der Waals surface area (Å²) in [5.41, 5.74) is -0.0971. The quantitative estimate of drug-likeness (QED) is 0.334. The van der Waals surface area contributed by atoms with E-state index in [-0.39, 0.29) is 45.7 Å². The largest absolute Gasteiger partial charge is 0.477 e. The van der Waals surface area contributed by atoms with Crippen molar-refractivity contribution >= 4 is 28.9 Å². The Hall–Kier alpha value is -2.99. The van der Waals surface area contributed by atoms with Gasteiger partial charge in [-0.3, -0.25) is 4.79 Å². The number of hydrogen-bond acceptors (Lipinski definition) is 5. The van der Waals surface area contributed by atoms with Crippen molar-refractivity contribution in [3.05, 3.63) is 39.7 Å². The Balaban J connectivity index is 1.61. The predicted molar refractivity (Wildman–Crippen MR) is 157 cm³/mol. The second-order valence-electron chi connectivity index (χ2n) is 12.6. The van der Waals surface area contributed by atoms with Gasteiger partial charge in [-0.2, -0.15) is 0 Å². The zero-order valence-electron chi connectivity index (χ0n) is 24.5. The molecule has 0 aromatic carbocycles. The van der Waals surface area contributed by atoms with Crippen molar-refractivity contribution < 1.29 is 28.2 Å². The molecule has 6 nitrogen and oxygen atoms in total. The standard InChI is InChI=1S/C32H40F2N2O4S/c1-20-8-10-21(11-9-20)29(37)36(26-19-24(16-17-31(2,3)4)41-27(26)30(38)39)22-12-14-23(15-13-22)40-28-25(32(5,33)34)7-6-18-35-28/h6-7,18-23H,8-15H2,1-5H3,(H,38,39). The van der Waals surface area contributed by atoms with Gasteiger partial charge in [0, 0.05) is 30.5 Å². The van der Waals surface area contributed by atoms with Crippen LogP contribution in [0, 0.1) is 29.1 Å². The van der Waals surface area contributed by atoms with Crippen LogP contribution in [0.2, 0.25) is 0 Å². The summed E-state index contributed by atoms with van der Waals surface area (Å²) in [6.45, 7) is 8.99. The molecule has 0 unspecified atom stereocenters. The third-order valence-corrected chi connectivity index (χ3v) is 8.89. The highest BCUT2D eigenvalue weighted by atomic mass is 32.1. The molecule has 2 aliphatic rings. The maximum atomic E-state index is 14.1. The van der Waals surface area contributed by atoms with Crippen LogP contribution in [0.3, 0.4) is 0 Å². The van der Waals surface area contributed by atoms with Gasteiger partial charge < -0.3 is 14.7 Å². The molecule has 0 radical (unpaired) electrons. The SMILES string of the molecule is CC1CCC(C(=O)N(c2cc(C#CC(C)(C)C)sc2C(=O)O)C2CCC(Oc3ncccc3C(C)(F)F)CC2)CC1. The van der Waals surface area contributed by atoms with Crippen molar-refractivity contribution in [2.45, 2.75) is 104 Å². The van der Waals surface area contributed by atoms with Gasteiger partial charge in [0.05, 0.1) is 16.1 Å². The Bertz CT molecular complexity index is 1300. The van der Waals surface area contributed by atoms with E-state index < -0.39 is 11.9 Å². The number of carbonyl (C=O) groups excluding carboxylic acids is 1. The number of carboxylic acids is 1. The van der Waals surface area contributed by atoms with Gasteiger partial charge in [0.25, 0.3) is 5.92 Å². The van der Waals surface area contributed by atoms with Gasteiger partial charge in [-0.15, -0.1) is 11.3 Å². The molecule has 0 saturated heterocycles. The summed E-state index contributed by atoms with van der Waals surface area (Å²) in [4.78, 5) is 33.0. The topological polar surface area (TPSA) is 79.7 Å². The fourth-order valence-electron chi connectivity index (χ4n) is 5.62. The van der Waals surface area contributed by atoms with E-state index in [1.807, 2.05) is 20.8 Å². The van der Waals surface area contributed by atoms with Crippen LogP contribution >= 0.6 is 11.3 Å². The lowest BCUT2D eigenvalue weighted by atomic mass is 9.81. The molecule has 41 heavy (non-hydrogen) atoms. The lowest BCUT2D eigenvalue weighted by Crippen LogP contribution is -2.47. The maximum absolute atomic E-state index is 14.1. The van der Waals surface area contributed by atoms with Crippen molar-refractivity contribution in [1.29, 1.82) is 0 Å². The molecule has 1 amide bonds. The van der Waals surface area contributed by atoms with E-state index in [2.05, 4.69) is 23.7 Å². The number of pyridine rings is 1. The van der Waals surface area contributed by atoms with Crippen LogP contribution in [0.1, 0.15) is 106 Å². The number of carbonyl (C=O) groups is 2. The molecule has 0 bridgehead atoms. The Morgan fingerprint density at radius 1 is 1.07 bits per heavy atom. The van der Waals surface area contributed by atoms with Gasteiger partial charge in [-0.25, -0.2) is 18.6 Å². The first kappa shape index (κ1) is 31.0. The molecular weight excluding hydrogens is 546 g/mol. The summed E-state index contributed by atoms with van der Waals surface area (Å²) < 4.78 is 34.2. The van der Waals surface area contributed by atoms with Crippen molar-refractivity contribution in [1.82, 2.24) is 4.98 Å². The van der Waals surface area contributed by atoms with Crippen molar-refractivity contribution in [2.75, 3.05) is 4.90 Å². The molecule has 1 N–H and O–H groups in total. The van der Waals surface area contributed by atoms with E-state index in [1.165, 1.54) is 18.3 Å². The lowest BCUT2D eigenvalue weighted by Gasteiger charge is -2.39. The fraction of sp³-hybridized carbons (Fsp3) is 0.594. The van der Waals surface area contributed by atoms with Crippen LogP contribution in [0.15, 0.2) is 24.4 Å². The number of halogens is 2. The van der Waals surface area contributed by atoms with Crippen LogP contribution in [0.25, 0.3) is 0 Å². The van der Waals surface area contributed by atoms with E-state index >= 15 is 0 Å². The van der Waals surface area contributed by atoms with Crippen LogP contribution in [-0.2, 0) is 10.7 Å². The molecule has 2 saturated carbocycles. The molecule has 2 aromatic rings. The van der Waals surface area contributed by atoms with Crippen LogP contribution in [-0.4, -0.2) is 34.1 Å². The first-order chi connectivity index (χ1) is 19.2. The molecule has 0 aliphatic heterocycles. The van der Waals surface area contributed by atoms with Crippen molar-refractivity contribution in [3.8, 4) is 17.7 Å². The van der Waals surface area contributed by atoms with E-state index in [0.29, 0.717) is 42.2 Å². The number of aromatic carboxylic acids is 1. The van der Waals surface area contributed by atoms with Gasteiger partial charge in [0.1, 0.15) is 11.0 Å². The smallest absolute Gasteiger partial charge is 0.348 e. The molecule has 222 valence electrons. The molecule has 2 aliphatic carbocycles. The van der Waals surface area contributed by atoms with Gasteiger partial charge >= 0.3 is 5.97 Å². The number of thiophene rings is 1. The Kier molecular flexibility index (Phi) is 9.42. The summed E-state index contributed by atoms with van der Waals surface area (Å²) in [6.07, 6.45) is 6.79. The van der Waals surface area contributed by atoms with Gasteiger partial charge in [-0.05, 0) is 96.3 Å². The van der Waals surface area contributed by atoms with Crippen LogP contribution in [0.4, 0.5) is 14.5 Å². The fourth-order valence-corrected chi connectivity index (χ4v) is 6.46. The number of carboxylic acid groups (broad SMARTS) is 1. The first-order valence-electron chi connectivity index (χ1n) is 14.5. The second kappa shape index (κ2) is 12.5. The van der Waals surface area contributed by atoms with E-state index in [4.69, 9.17) is 4.74 Å². The summed E-state index contributed by atoms with van der Waals surface area (Å²) >= 11 is 1.10. The molecule has 4 rings (SSSR count). The summed E-state index contributed by atoms with van der Waals surface area (Å²) in [5.74, 6) is 2.43. The summed E-state index contributed by atoms with van der Waals surface area (Å²) in [7, 11) is 0. The Morgan fingerprint density at radius 3 is 2.32 bits per heavy atom. The van der Waals surface area contributed by atoms with E-state index in [9.17, 15) is 23.5 Å². The normalized spacial score (nSPS) is 23.3. The molecule has 0 atom stereocenters. The highest BCUT2D eigenvalue weighted by Crippen LogP contribution is 2.40. The zero-order valence-corrected chi connectivity index (χ0v) is 25.3. The first-order valence-corrected chi connectivity index (χ1v) is 15.3. The third-order valence-electron chi connectivity index (χ3n) is 7.86. The number of amides is 1. The second-order valence-corrected chi connectivity index (χ2v) is 13.6.